The number of alkyl halides is 1. The lowest BCUT2D eigenvalue weighted by Gasteiger charge is -2.31. The predicted octanol–water partition coefficient (Wildman–Crippen LogP) is 6.10. The van der Waals surface area contributed by atoms with E-state index in [2.05, 4.69) is 10.6 Å². The number of amides is 2. The molecule has 6 nitrogen and oxygen atoms in total. The highest BCUT2D eigenvalue weighted by molar-refractivity contribution is 5.98. The Labute approximate surface area is 230 Å². The van der Waals surface area contributed by atoms with Crippen molar-refractivity contribution in [2.45, 2.75) is 71.1 Å². The molecule has 0 spiro atoms. The number of benzene rings is 2. The van der Waals surface area contributed by atoms with Crippen LogP contribution in [0.15, 0.2) is 78.4 Å². The fourth-order valence-electron chi connectivity index (χ4n) is 4.86. The largest absolute Gasteiger partial charge is 0.481 e. The van der Waals surface area contributed by atoms with E-state index in [4.69, 9.17) is 0 Å². The summed E-state index contributed by atoms with van der Waals surface area (Å²) < 4.78 is 13.8. The number of hydrogen-bond donors (Lipinski definition) is 3. The van der Waals surface area contributed by atoms with Crippen LogP contribution >= 0.6 is 0 Å². The van der Waals surface area contributed by atoms with Gasteiger partial charge in [0.15, 0.2) is 0 Å². The highest BCUT2D eigenvalue weighted by Gasteiger charge is 2.32. The number of carboxylic acid groups (broad SMARTS) is 1. The van der Waals surface area contributed by atoms with Gasteiger partial charge in [-0.3, -0.25) is 14.4 Å². The molecule has 2 amide bonds. The summed E-state index contributed by atoms with van der Waals surface area (Å²) in [4.78, 5) is 38.5. The molecule has 0 saturated heterocycles. The average Bonchev–Trinajstić information content (AvgIpc) is 2.90. The van der Waals surface area contributed by atoms with E-state index in [-0.39, 0.29) is 12.3 Å². The third kappa shape index (κ3) is 8.63. The fraction of sp³-hybridized carbons (Fsp3) is 0.406. The first kappa shape index (κ1) is 29.8. The molecule has 1 aliphatic rings. The quantitative estimate of drug-likeness (QED) is 0.307. The second-order valence-corrected chi connectivity index (χ2v) is 11.0. The molecule has 0 aliphatic heterocycles. The maximum absolute atomic E-state index is 13.8. The van der Waals surface area contributed by atoms with Gasteiger partial charge in [-0.05, 0) is 68.0 Å². The summed E-state index contributed by atoms with van der Waals surface area (Å²) in [7, 11) is 0. The lowest BCUT2D eigenvalue weighted by atomic mass is 9.87. The topological polar surface area (TPSA) is 95.5 Å². The predicted molar refractivity (Wildman–Crippen MR) is 152 cm³/mol. The average molecular weight is 535 g/mol. The van der Waals surface area contributed by atoms with Gasteiger partial charge in [0.1, 0.15) is 12.2 Å². The molecule has 0 radical (unpaired) electrons. The van der Waals surface area contributed by atoms with E-state index < -0.39 is 41.5 Å². The van der Waals surface area contributed by atoms with Crippen molar-refractivity contribution < 1.29 is 23.9 Å². The molecular formula is C32H39FN2O4. The standard InChI is InChI=1S/C32H39FN2O4/c1-5-9-26(31(38)39)19-28(30(37)35-32(3,4)20-22-12-17-27(33)21(2)18-22)34-29(36)25-15-13-24(14-16-25)23-10-7-6-8-11-23/h6-8,10-18,21,26-28H,5,9,19-20H2,1-4H3,(H,34,36)(H,35,37)(H,38,39). The van der Waals surface area contributed by atoms with E-state index in [9.17, 15) is 23.9 Å². The van der Waals surface area contributed by atoms with Crippen molar-refractivity contribution in [3.63, 3.8) is 0 Å². The number of rotatable bonds is 12. The highest BCUT2D eigenvalue weighted by Crippen LogP contribution is 2.26. The summed E-state index contributed by atoms with van der Waals surface area (Å²) in [5, 5.41) is 15.5. The van der Waals surface area contributed by atoms with Gasteiger partial charge >= 0.3 is 5.97 Å². The minimum atomic E-state index is -1.04. The van der Waals surface area contributed by atoms with Crippen LogP contribution in [0.4, 0.5) is 4.39 Å². The van der Waals surface area contributed by atoms with Crippen LogP contribution in [0, 0.1) is 11.8 Å². The zero-order chi connectivity index (χ0) is 28.6. The van der Waals surface area contributed by atoms with Gasteiger partial charge in [-0.15, -0.1) is 0 Å². The normalized spacial score (nSPS) is 18.5. The number of carboxylic acids is 1. The smallest absolute Gasteiger partial charge is 0.306 e. The van der Waals surface area contributed by atoms with Crippen LogP contribution in [0.3, 0.4) is 0 Å². The molecular weight excluding hydrogens is 495 g/mol. The Bertz CT molecular complexity index is 1200. The molecule has 39 heavy (non-hydrogen) atoms. The minimum absolute atomic E-state index is 0.0257. The van der Waals surface area contributed by atoms with Crippen molar-refractivity contribution in [1.82, 2.24) is 10.6 Å². The summed E-state index contributed by atoms with van der Waals surface area (Å²) in [6, 6.07) is 15.8. The number of aliphatic carboxylic acids is 1. The number of carbonyl (C=O) groups is 3. The summed E-state index contributed by atoms with van der Waals surface area (Å²) in [5.41, 5.74) is 2.56. The van der Waals surface area contributed by atoms with Crippen molar-refractivity contribution in [2.24, 2.45) is 11.8 Å². The van der Waals surface area contributed by atoms with Crippen molar-refractivity contribution in [2.75, 3.05) is 0 Å². The molecule has 0 saturated carbocycles. The SMILES string of the molecule is CCCC(CC(NC(=O)c1ccc(-c2ccccc2)cc1)C(=O)NC(C)(C)CC1=CC(C)C(F)C=C1)C(=O)O. The Morgan fingerprint density at radius 1 is 1.03 bits per heavy atom. The minimum Gasteiger partial charge on any atom is -0.481 e. The molecule has 208 valence electrons. The molecule has 4 atom stereocenters. The lowest BCUT2D eigenvalue weighted by Crippen LogP contribution is -2.54. The second kappa shape index (κ2) is 13.4. The zero-order valence-electron chi connectivity index (χ0n) is 23.1. The van der Waals surface area contributed by atoms with Gasteiger partial charge in [0.25, 0.3) is 5.91 Å². The number of allylic oxidation sites excluding steroid dienone is 3. The Kier molecular flexibility index (Phi) is 10.2. The zero-order valence-corrected chi connectivity index (χ0v) is 23.1. The number of halogens is 1. The molecule has 1 aliphatic carbocycles. The van der Waals surface area contributed by atoms with Gasteiger partial charge < -0.3 is 15.7 Å². The Balaban J connectivity index is 1.76. The summed E-state index contributed by atoms with van der Waals surface area (Å²) in [5.74, 6) is -2.92. The first-order valence-electron chi connectivity index (χ1n) is 13.5. The molecule has 0 aromatic heterocycles. The molecule has 0 fully saturated rings. The molecule has 0 bridgehead atoms. The van der Waals surface area contributed by atoms with Gasteiger partial charge in [-0.2, -0.15) is 0 Å². The van der Waals surface area contributed by atoms with Crippen LogP contribution in [0.1, 0.15) is 63.7 Å². The lowest BCUT2D eigenvalue weighted by molar-refractivity contribution is -0.142. The van der Waals surface area contributed by atoms with Gasteiger partial charge in [0.2, 0.25) is 5.91 Å². The molecule has 2 aromatic carbocycles. The maximum Gasteiger partial charge on any atom is 0.306 e. The number of carbonyl (C=O) groups excluding carboxylic acids is 2. The van der Waals surface area contributed by atoms with Gasteiger partial charge in [-0.1, -0.05) is 74.9 Å². The van der Waals surface area contributed by atoms with Crippen LogP contribution in [0.2, 0.25) is 0 Å². The maximum atomic E-state index is 13.8. The van der Waals surface area contributed by atoms with Gasteiger partial charge in [0.05, 0.1) is 5.92 Å². The van der Waals surface area contributed by atoms with Crippen LogP contribution in [-0.2, 0) is 9.59 Å². The van der Waals surface area contributed by atoms with Crippen molar-refractivity contribution >= 4 is 17.8 Å². The van der Waals surface area contributed by atoms with E-state index in [0.717, 1.165) is 16.7 Å². The van der Waals surface area contributed by atoms with Gasteiger partial charge in [-0.25, -0.2) is 4.39 Å². The van der Waals surface area contributed by atoms with E-state index in [1.54, 1.807) is 25.1 Å². The molecule has 3 rings (SSSR count). The first-order chi connectivity index (χ1) is 18.5. The van der Waals surface area contributed by atoms with E-state index in [1.807, 2.05) is 69.3 Å². The molecule has 3 N–H and O–H groups in total. The Morgan fingerprint density at radius 2 is 1.67 bits per heavy atom. The van der Waals surface area contributed by atoms with Crippen LogP contribution in [-0.4, -0.2) is 40.6 Å². The third-order valence-corrected chi connectivity index (χ3v) is 6.96. The molecule has 2 aromatic rings. The van der Waals surface area contributed by atoms with Crippen molar-refractivity contribution in [3.05, 3.63) is 84.0 Å². The fourth-order valence-corrected chi connectivity index (χ4v) is 4.86. The first-order valence-corrected chi connectivity index (χ1v) is 13.5. The van der Waals surface area contributed by atoms with Crippen LogP contribution < -0.4 is 10.6 Å². The van der Waals surface area contributed by atoms with Crippen LogP contribution in [0.5, 0.6) is 0 Å². The molecule has 4 unspecified atom stereocenters. The third-order valence-electron chi connectivity index (χ3n) is 6.96. The summed E-state index contributed by atoms with van der Waals surface area (Å²) >= 11 is 0. The van der Waals surface area contributed by atoms with Crippen molar-refractivity contribution in [3.8, 4) is 11.1 Å². The molecule has 0 heterocycles. The van der Waals surface area contributed by atoms with E-state index >= 15 is 0 Å². The van der Waals surface area contributed by atoms with E-state index in [1.165, 1.54) is 6.08 Å². The van der Waals surface area contributed by atoms with Crippen LogP contribution in [0.25, 0.3) is 11.1 Å². The summed E-state index contributed by atoms with van der Waals surface area (Å²) in [6.07, 6.45) is 5.56. The number of nitrogens with one attached hydrogen (secondary N) is 2. The monoisotopic (exact) mass is 534 g/mol. The van der Waals surface area contributed by atoms with E-state index in [0.29, 0.717) is 24.8 Å². The Hall–Kier alpha value is -3.74. The summed E-state index contributed by atoms with van der Waals surface area (Å²) in [6.45, 7) is 7.40. The van der Waals surface area contributed by atoms with Gasteiger partial charge in [0, 0.05) is 17.0 Å². The highest BCUT2D eigenvalue weighted by atomic mass is 19.1. The number of hydrogen-bond acceptors (Lipinski definition) is 3. The second-order valence-electron chi connectivity index (χ2n) is 11.0. The van der Waals surface area contributed by atoms with Crippen molar-refractivity contribution in [1.29, 1.82) is 0 Å². The molecule has 7 heteroatoms. The Morgan fingerprint density at radius 3 is 2.26 bits per heavy atom.